The van der Waals surface area contributed by atoms with Crippen molar-refractivity contribution in [1.29, 1.82) is 0 Å². The Morgan fingerprint density at radius 3 is 3.00 bits per heavy atom. The van der Waals surface area contributed by atoms with E-state index in [1.54, 1.807) is 0 Å². The Bertz CT molecular complexity index is 457. The average Bonchev–Trinajstić information content (AvgIpc) is 2.65. The predicted octanol–water partition coefficient (Wildman–Crippen LogP) is 1.94. The summed E-state index contributed by atoms with van der Waals surface area (Å²) in [4.78, 5) is 11.3. The van der Waals surface area contributed by atoms with Gasteiger partial charge in [0.2, 0.25) is 0 Å². The van der Waals surface area contributed by atoms with Gasteiger partial charge in [-0.2, -0.15) is 0 Å². The molecule has 2 nitrogen and oxygen atoms in total. The van der Waals surface area contributed by atoms with E-state index in [2.05, 4.69) is 12.1 Å². The Morgan fingerprint density at radius 1 is 1.36 bits per heavy atom. The number of rotatable bonds is 0. The van der Waals surface area contributed by atoms with Crippen molar-refractivity contribution >= 4 is 11.5 Å². The minimum Gasteiger partial charge on any atom is -0.454 e. The van der Waals surface area contributed by atoms with Crippen LogP contribution in [-0.2, 0) is 16.0 Å². The molecule has 0 saturated heterocycles. The van der Waals surface area contributed by atoms with E-state index in [4.69, 9.17) is 4.74 Å². The molecule has 1 aromatic rings. The largest absolute Gasteiger partial charge is 0.454 e. The van der Waals surface area contributed by atoms with Crippen LogP contribution in [0.25, 0.3) is 5.57 Å². The molecule has 0 radical (unpaired) electrons. The van der Waals surface area contributed by atoms with Gasteiger partial charge in [-0.3, -0.25) is 0 Å². The summed E-state index contributed by atoms with van der Waals surface area (Å²) in [6, 6.07) is 8.19. The second-order valence-corrected chi connectivity index (χ2v) is 3.79. The molecular formula is C12H10O2. The van der Waals surface area contributed by atoms with Crippen molar-refractivity contribution in [3.05, 3.63) is 41.0 Å². The first-order chi connectivity index (χ1) is 6.77. The van der Waals surface area contributed by atoms with Gasteiger partial charge in [0.25, 0.3) is 0 Å². The monoisotopic (exact) mass is 186 g/mol. The normalized spacial score (nSPS) is 23.5. The van der Waals surface area contributed by atoms with Crippen molar-refractivity contribution in [2.24, 2.45) is 0 Å². The molecule has 0 bridgehead atoms. The fourth-order valence-electron chi connectivity index (χ4n) is 2.31. The van der Waals surface area contributed by atoms with E-state index in [1.807, 2.05) is 19.1 Å². The van der Waals surface area contributed by atoms with Crippen molar-refractivity contribution in [2.75, 3.05) is 0 Å². The van der Waals surface area contributed by atoms with Crippen LogP contribution >= 0.6 is 0 Å². The summed E-state index contributed by atoms with van der Waals surface area (Å²) in [7, 11) is 0. The van der Waals surface area contributed by atoms with E-state index in [1.165, 1.54) is 11.1 Å². The van der Waals surface area contributed by atoms with Crippen LogP contribution in [0.1, 0.15) is 18.1 Å². The molecule has 1 aromatic carbocycles. The highest BCUT2D eigenvalue weighted by atomic mass is 16.5. The molecule has 2 heteroatoms. The molecule has 1 aliphatic carbocycles. The van der Waals surface area contributed by atoms with Crippen LogP contribution in [0.4, 0.5) is 0 Å². The van der Waals surface area contributed by atoms with E-state index in [0.717, 1.165) is 17.6 Å². The summed E-state index contributed by atoms with van der Waals surface area (Å²) < 4.78 is 5.27. The molecule has 1 atom stereocenters. The molecule has 0 N–H and O–H groups in total. The molecule has 0 saturated carbocycles. The van der Waals surface area contributed by atoms with Crippen LogP contribution in [0, 0.1) is 0 Å². The molecule has 0 fully saturated rings. The quantitative estimate of drug-likeness (QED) is 0.579. The summed E-state index contributed by atoms with van der Waals surface area (Å²) in [5.74, 6) is -0.153. The van der Waals surface area contributed by atoms with Gasteiger partial charge in [0.15, 0.2) is 0 Å². The number of carbonyl (C=O) groups is 1. The van der Waals surface area contributed by atoms with Crippen LogP contribution in [0.2, 0.25) is 0 Å². The van der Waals surface area contributed by atoms with Crippen molar-refractivity contribution in [2.45, 2.75) is 19.4 Å². The number of hydrogen-bond donors (Lipinski definition) is 0. The zero-order valence-corrected chi connectivity index (χ0v) is 7.91. The molecule has 14 heavy (non-hydrogen) atoms. The second kappa shape index (κ2) is 2.47. The summed E-state index contributed by atoms with van der Waals surface area (Å²) >= 11 is 0. The number of ether oxygens (including phenoxy) is 1. The van der Waals surface area contributed by atoms with Crippen LogP contribution in [-0.4, -0.2) is 12.1 Å². The summed E-state index contributed by atoms with van der Waals surface area (Å²) in [6.45, 7) is 1.85. The van der Waals surface area contributed by atoms with E-state index in [9.17, 15) is 4.79 Å². The number of carbonyl (C=O) groups excluding carboxylic acids is 1. The number of benzene rings is 1. The molecule has 0 spiro atoms. The smallest absolute Gasteiger partial charge is 0.334 e. The van der Waals surface area contributed by atoms with Gasteiger partial charge in [-0.15, -0.1) is 0 Å². The lowest BCUT2D eigenvalue weighted by atomic mass is 10.0. The molecular weight excluding hydrogens is 176 g/mol. The molecule has 70 valence electrons. The highest BCUT2D eigenvalue weighted by Crippen LogP contribution is 2.40. The summed E-state index contributed by atoms with van der Waals surface area (Å²) in [5.41, 5.74) is 4.37. The van der Waals surface area contributed by atoms with Gasteiger partial charge in [0.05, 0.1) is 0 Å². The molecule has 1 aliphatic heterocycles. The van der Waals surface area contributed by atoms with E-state index < -0.39 is 0 Å². The van der Waals surface area contributed by atoms with Crippen LogP contribution in [0.3, 0.4) is 0 Å². The molecule has 0 unspecified atom stereocenters. The van der Waals surface area contributed by atoms with Gasteiger partial charge in [-0.25, -0.2) is 4.79 Å². The minimum absolute atomic E-state index is 0.0140. The fourth-order valence-corrected chi connectivity index (χ4v) is 2.31. The maximum absolute atomic E-state index is 11.3. The third-order valence-electron chi connectivity index (χ3n) is 2.99. The Kier molecular flexibility index (Phi) is 1.38. The Hall–Kier alpha value is -1.57. The van der Waals surface area contributed by atoms with Gasteiger partial charge in [0, 0.05) is 17.6 Å². The lowest BCUT2D eigenvalue weighted by Gasteiger charge is -2.02. The molecule has 0 aromatic heterocycles. The number of fused-ring (bicyclic) bond motifs is 3. The standard InChI is InChI=1S/C12H10O2/c1-7-11-9-5-3-2-4-8(9)6-10(11)14-12(7)13/h2-5,10H,6H2,1H3/t10-/m1/s1. The van der Waals surface area contributed by atoms with Crippen molar-refractivity contribution in [3.8, 4) is 0 Å². The van der Waals surface area contributed by atoms with Crippen LogP contribution < -0.4 is 0 Å². The topological polar surface area (TPSA) is 26.3 Å². The van der Waals surface area contributed by atoms with Crippen molar-refractivity contribution < 1.29 is 9.53 Å². The zero-order valence-electron chi connectivity index (χ0n) is 7.91. The lowest BCUT2D eigenvalue weighted by molar-refractivity contribution is -0.139. The second-order valence-electron chi connectivity index (χ2n) is 3.79. The zero-order chi connectivity index (χ0) is 9.71. The fraction of sp³-hybridized carbons (Fsp3) is 0.250. The average molecular weight is 186 g/mol. The predicted molar refractivity (Wildman–Crippen MR) is 52.6 cm³/mol. The first kappa shape index (κ1) is 7.80. The van der Waals surface area contributed by atoms with E-state index >= 15 is 0 Å². The third-order valence-corrected chi connectivity index (χ3v) is 2.99. The van der Waals surface area contributed by atoms with E-state index in [-0.39, 0.29) is 12.1 Å². The maximum Gasteiger partial charge on any atom is 0.334 e. The lowest BCUT2D eigenvalue weighted by Crippen LogP contribution is -2.08. The maximum atomic E-state index is 11.3. The van der Waals surface area contributed by atoms with Gasteiger partial charge >= 0.3 is 5.97 Å². The van der Waals surface area contributed by atoms with Gasteiger partial charge in [-0.1, -0.05) is 24.3 Å². The highest BCUT2D eigenvalue weighted by molar-refractivity contribution is 6.03. The first-order valence-corrected chi connectivity index (χ1v) is 4.77. The SMILES string of the molecule is CC1=C2c3ccccc3C[C@H]2OC1=O. The molecule has 0 amide bonds. The number of esters is 1. The Balaban J connectivity index is 2.25. The summed E-state index contributed by atoms with van der Waals surface area (Å²) in [5, 5.41) is 0. The van der Waals surface area contributed by atoms with Gasteiger partial charge in [0.1, 0.15) is 6.10 Å². The van der Waals surface area contributed by atoms with Crippen molar-refractivity contribution in [1.82, 2.24) is 0 Å². The first-order valence-electron chi connectivity index (χ1n) is 4.77. The Labute approximate surface area is 82.2 Å². The number of hydrogen-bond acceptors (Lipinski definition) is 2. The van der Waals surface area contributed by atoms with E-state index in [0.29, 0.717) is 0 Å². The van der Waals surface area contributed by atoms with Crippen LogP contribution in [0.5, 0.6) is 0 Å². The Morgan fingerprint density at radius 2 is 2.14 bits per heavy atom. The molecule has 2 aliphatic rings. The van der Waals surface area contributed by atoms with Crippen LogP contribution in [0.15, 0.2) is 29.8 Å². The third kappa shape index (κ3) is 0.830. The highest BCUT2D eigenvalue weighted by Gasteiger charge is 2.37. The minimum atomic E-state index is -0.153. The summed E-state index contributed by atoms with van der Waals surface area (Å²) in [6.07, 6.45) is 0.828. The van der Waals surface area contributed by atoms with Gasteiger partial charge in [-0.05, 0) is 18.1 Å². The van der Waals surface area contributed by atoms with Crippen molar-refractivity contribution in [3.63, 3.8) is 0 Å². The molecule has 1 heterocycles. The van der Waals surface area contributed by atoms with Gasteiger partial charge < -0.3 is 4.74 Å². The molecule has 3 rings (SSSR count).